The highest BCUT2D eigenvalue weighted by molar-refractivity contribution is 7.89. The number of anilines is 1. The van der Waals surface area contributed by atoms with Crippen LogP contribution in [0.1, 0.15) is 11.1 Å². The fourth-order valence-corrected chi connectivity index (χ4v) is 4.50. The normalized spacial score (nSPS) is 12.7. The summed E-state index contributed by atoms with van der Waals surface area (Å²) >= 11 is 0. The molecular formula is C23H20F4N2O4S. The number of methoxy groups -OCH3 is 1. The van der Waals surface area contributed by atoms with Crippen molar-refractivity contribution >= 4 is 21.6 Å². The molecule has 0 aliphatic rings. The van der Waals surface area contributed by atoms with Crippen LogP contribution in [0.15, 0.2) is 77.7 Å². The van der Waals surface area contributed by atoms with E-state index in [9.17, 15) is 30.8 Å². The quantitative estimate of drug-likeness (QED) is 0.454. The zero-order chi connectivity index (χ0) is 24.9. The maximum atomic E-state index is 13.8. The Labute approximate surface area is 193 Å². The van der Waals surface area contributed by atoms with Crippen LogP contribution >= 0.6 is 0 Å². The van der Waals surface area contributed by atoms with Gasteiger partial charge in [0.05, 0.1) is 12.7 Å². The second-order valence-corrected chi connectivity index (χ2v) is 8.91. The Morgan fingerprint density at radius 3 is 2.24 bits per heavy atom. The molecule has 1 unspecified atom stereocenters. The van der Waals surface area contributed by atoms with E-state index in [-0.39, 0.29) is 17.9 Å². The average molecular weight is 496 g/mol. The van der Waals surface area contributed by atoms with Crippen molar-refractivity contribution in [3.63, 3.8) is 0 Å². The smallest absolute Gasteiger partial charge is 0.416 e. The predicted octanol–water partition coefficient (Wildman–Crippen LogP) is 4.38. The Morgan fingerprint density at radius 2 is 1.65 bits per heavy atom. The van der Waals surface area contributed by atoms with Gasteiger partial charge in [-0.05, 0) is 54.4 Å². The van der Waals surface area contributed by atoms with Gasteiger partial charge in [-0.15, -0.1) is 0 Å². The minimum atomic E-state index is -4.54. The molecule has 180 valence electrons. The Hall–Kier alpha value is -3.44. The third kappa shape index (κ3) is 6.33. The first-order valence-corrected chi connectivity index (χ1v) is 11.4. The Morgan fingerprint density at radius 1 is 1.00 bits per heavy atom. The van der Waals surface area contributed by atoms with Crippen LogP contribution in [0, 0.1) is 5.82 Å². The average Bonchev–Trinajstić information content (AvgIpc) is 2.79. The first kappa shape index (κ1) is 25.2. The number of nitrogens with one attached hydrogen (secondary N) is 2. The lowest BCUT2D eigenvalue weighted by atomic mass is 10.1. The van der Waals surface area contributed by atoms with E-state index < -0.39 is 44.4 Å². The van der Waals surface area contributed by atoms with Gasteiger partial charge in [-0.3, -0.25) is 4.79 Å². The minimum absolute atomic E-state index is 0.0404. The zero-order valence-corrected chi connectivity index (χ0v) is 18.6. The third-order valence-corrected chi connectivity index (χ3v) is 6.28. The number of halogens is 4. The summed E-state index contributed by atoms with van der Waals surface area (Å²) in [4.78, 5) is 12.5. The molecule has 2 N–H and O–H groups in total. The van der Waals surface area contributed by atoms with E-state index in [2.05, 4.69) is 10.0 Å². The summed E-state index contributed by atoms with van der Waals surface area (Å²) in [6, 6.07) is 13.7. The molecule has 11 heteroatoms. The monoisotopic (exact) mass is 496 g/mol. The van der Waals surface area contributed by atoms with Crippen LogP contribution in [0.5, 0.6) is 5.75 Å². The molecule has 0 aliphatic heterocycles. The lowest BCUT2D eigenvalue weighted by Gasteiger charge is -2.20. The zero-order valence-electron chi connectivity index (χ0n) is 17.8. The van der Waals surface area contributed by atoms with Gasteiger partial charge in [0.2, 0.25) is 15.9 Å². The first-order valence-electron chi connectivity index (χ1n) is 9.87. The van der Waals surface area contributed by atoms with E-state index in [0.717, 1.165) is 42.5 Å². The van der Waals surface area contributed by atoms with Crippen molar-refractivity contribution in [1.29, 1.82) is 0 Å². The van der Waals surface area contributed by atoms with E-state index in [4.69, 9.17) is 4.74 Å². The molecule has 1 amide bonds. The number of sulfonamides is 1. The van der Waals surface area contributed by atoms with E-state index >= 15 is 0 Å². The molecule has 0 bridgehead atoms. The Balaban J connectivity index is 1.89. The van der Waals surface area contributed by atoms with E-state index in [1.807, 2.05) is 0 Å². The van der Waals surface area contributed by atoms with Crippen LogP contribution in [0.25, 0.3) is 0 Å². The summed E-state index contributed by atoms with van der Waals surface area (Å²) in [6.07, 6.45) is -4.62. The molecule has 0 fully saturated rings. The summed E-state index contributed by atoms with van der Waals surface area (Å²) in [6.45, 7) is 0. The molecule has 0 radical (unpaired) electrons. The molecule has 0 saturated heterocycles. The standard InChI is InChI=1S/C23H20F4N2O4S/c1-33-20-12-9-17(24)14-21(20)34(31,32)29-19(13-15-5-3-2-4-6-15)22(30)28-18-10-7-16(8-11-18)23(25,26)27/h2-12,14,19,29H,13H2,1H3,(H,28,30). The SMILES string of the molecule is COc1ccc(F)cc1S(=O)(=O)NC(Cc1ccccc1)C(=O)Nc1ccc(C(F)(F)F)cc1. The molecule has 0 aliphatic carbocycles. The highest BCUT2D eigenvalue weighted by Crippen LogP contribution is 2.30. The molecule has 3 rings (SSSR count). The van der Waals surface area contributed by atoms with Crippen LogP contribution < -0.4 is 14.8 Å². The predicted molar refractivity (Wildman–Crippen MR) is 117 cm³/mol. The summed E-state index contributed by atoms with van der Waals surface area (Å²) in [5.74, 6) is -1.77. The fraction of sp³-hybridized carbons (Fsp3) is 0.174. The van der Waals surface area contributed by atoms with Crippen molar-refractivity contribution in [2.75, 3.05) is 12.4 Å². The Kier molecular flexibility index (Phi) is 7.57. The highest BCUT2D eigenvalue weighted by Gasteiger charge is 2.31. The number of carbonyl (C=O) groups excluding carboxylic acids is 1. The van der Waals surface area contributed by atoms with Gasteiger partial charge < -0.3 is 10.1 Å². The van der Waals surface area contributed by atoms with Crippen molar-refractivity contribution in [2.45, 2.75) is 23.5 Å². The van der Waals surface area contributed by atoms with Gasteiger partial charge in [-0.2, -0.15) is 17.9 Å². The van der Waals surface area contributed by atoms with E-state index in [1.54, 1.807) is 30.3 Å². The van der Waals surface area contributed by atoms with Crippen molar-refractivity contribution < 1.29 is 35.5 Å². The maximum Gasteiger partial charge on any atom is 0.416 e. The number of hydrogen-bond acceptors (Lipinski definition) is 4. The van der Waals surface area contributed by atoms with Crippen molar-refractivity contribution in [2.24, 2.45) is 0 Å². The summed E-state index contributed by atoms with van der Waals surface area (Å²) in [7, 11) is -3.22. The van der Waals surface area contributed by atoms with Gasteiger partial charge in [0.25, 0.3) is 0 Å². The number of carbonyl (C=O) groups is 1. The summed E-state index contributed by atoms with van der Waals surface area (Å²) in [5, 5.41) is 2.42. The molecule has 0 saturated carbocycles. The van der Waals surface area contributed by atoms with Crippen molar-refractivity contribution in [3.05, 3.63) is 89.7 Å². The van der Waals surface area contributed by atoms with Gasteiger partial charge in [0.15, 0.2) is 0 Å². The number of alkyl halides is 3. The molecule has 0 heterocycles. The lowest BCUT2D eigenvalue weighted by Crippen LogP contribution is -2.45. The Bertz CT molecular complexity index is 1250. The first-order chi connectivity index (χ1) is 16.0. The maximum absolute atomic E-state index is 13.8. The highest BCUT2D eigenvalue weighted by atomic mass is 32.2. The van der Waals surface area contributed by atoms with Gasteiger partial charge in [-0.25, -0.2) is 12.8 Å². The molecule has 0 spiro atoms. The van der Waals surface area contributed by atoms with Crippen LogP contribution in [-0.4, -0.2) is 27.5 Å². The van der Waals surface area contributed by atoms with Gasteiger partial charge in [0.1, 0.15) is 22.5 Å². The molecule has 3 aromatic carbocycles. The molecule has 1 atom stereocenters. The summed E-state index contributed by atoms with van der Waals surface area (Å²) in [5.41, 5.74) is -0.243. The molecule has 3 aromatic rings. The van der Waals surface area contributed by atoms with Crippen LogP contribution in [0.3, 0.4) is 0 Å². The molecular weight excluding hydrogens is 476 g/mol. The second kappa shape index (κ2) is 10.2. The van der Waals surface area contributed by atoms with E-state index in [0.29, 0.717) is 5.56 Å². The van der Waals surface area contributed by atoms with E-state index in [1.165, 1.54) is 7.11 Å². The van der Waals surface area contributed by atoms with Crippen LogP contribution in [0.2, 0.25) is 0 Å². The third-order valence-electron chi connectivity index (χ3n) is 4.79. The lowest BCUT2D eigenvalue weighted by molar-refractivity contribution is -0.137. The van der Waals surface area contributed by atoms with Crippen molar-refractivity contribution in [1.82, 2.24) is 4.72 Å². The number of ether oxygens (including phenoxy) is 1. The molecule has 34 heavy (non-hydrogen) atoms. The van der Waals surface area contributed by atoms with Gasteiger partial charge in [0, 0.05) is 5.69 Å². The molecule has 0 aromatic heterocycles. The number of rotatable bonds is 8. The van der Waals surface area contributed by atoms with Gasteiger partial charge >= 0.3 is 6.18 Å². The van der Waals surface area contributed by atoms with Crippen LogP contribution in [0.4, 0.5) is 23.2 Å². The van der Waals surface area contributed by atoms with Gasteiger partial charge in [-0.1, -0.05) is 30.3 Å². The largest absolute Gasteiger partial charge is 0.495 e. The van der Waals surface area contributed by atoms with Crippen molar-refractivity contribution in [3.8, 4) is 5.75 Å². The second-order valence-electron chi connectivity index (χ2n) is 7.22. The number of amides is 1. The fourth-order valence-electron chi connectivity index (χ4n) is 3.12. The minimum Gasteiger partial charge on any atom is -0.495 e. The molecule has 6 nitrogen and oxygen atoms in total. The van der Waals surface area contributed by atoms with Crippen LogP contribution in [-0.2, 0) is 27.4 Å². The number of hydrogen-bond donors (Lipinski definition) is 2. The topological polar surface area (TPSA) is 84.5 Å². The number of benzene rings is 3. The summed E-state index contributed by atoms with van der Waals surface area (Å²) < 4.78 is 85.4.